The summed E-state index contributed by atoms with van der Waals surface area (Å²) in [5.74, 6) is -0.382. The first-order valence-corrected chi connectivity index (χ1v) is 11.0. The number of amides is 2. The van der Waals surface area contributed by atoms with E-state index in [0.29, 0.717) is 29.9 Å². The maximum absolute atomic E-state index is 12.8. The van der Waals surface area contributed by atoms with Gasteiger partial charge in [-0.3, -0.25) is 9.59 Å². The van der Waals surface area contributed by atoms with Crippen molar-refractivity contribution in [1.29, 1.82) is 0 Å². The number of rotatable bonds is 8. The Balaban J connectivity index is 1.65. The van der Waals surface area contributed by atoms with E-state index >= 15 is 0 Å². The molecule has 168 valence electrons. The van der Waals surface area contributed by atoms with Crippen LogP contribution in [0.25, 0.3) is 11.1 Å². The number of carbonyl (C=O) groups excluding carboxylic acids is 3. The summed E-state index contributed by atoms with van der Waals surface area (Å²) < 4.78 is 11.0. The maximum atomic E-state index is 12.8. The molecule has 0 spiro atoms. The van der Waals surface area contributed by atoms with E-state index in [0.717, 1.165) is 25.7 Å². The largest absolute Gasteiger partial charge is 0.436 e. The van der Waals surface area contributed by atoms with Gasteiger partial charge in [0.1, 0.15) is 11.6 Å². The van der Waals surface area contributed by atoms with Crippen molar-refractivity contribution in [2.45, 2.75) is 64.0 Å². The molecule has 1 heterocycles. The predicted octanol–water partition coefficient (Wildman–Crippen LogP) is 3.94. The van der Waals surface area contributed by atoms with Crippen molar-refractivity contribution in [2.24, 2.45) is 5.92 Å². The molecular weight excluding hydrogens is 398 g/mol. The second-order valence-electron chi connectivity index (χ2n) is 8.32. The minimum atomic E-state index is -0.866. The molecule has 2 atom stereocenters. The summed E-state index contributed by atoms with van der Waals surface area (Å²) in [6, 6.07) is 6.22. The Morgan fingerprint density at radius 1 is 1.19 bits per heavy atom. The lowest BCUT2D eigenvalue weighted by molar-refractivity contribution is -0.138. The van der Waals surface area contributed by atoms with Crippen LogP contribution in [-0.2, 0) is 9.53 Å². The molecule has 3 rings (SSSR count). The Hall–Kier alpha value is -2.90. The van der Waals surface area contributed by atoms with E-state index in [1.165, 1.54) is 11.3 Å². The number of benzene rings is 1. The van der Waals surface area contributed by atoms with Gasteiger partial charge >= 0.3 is 6.09 Å². The van der Waals surface area contributed by atoms with Crippen LogP contribution < -0.4 is 5.32 Å². The normalized spacial score (nSPS) is 16.5. The highest BCUT2D eigenvalue weighted by Crippen LogP contribution is 2.28. The number of hydrogen-bond acceptors (Lipinski definition) is 6. The van der Waals surface area contributed by atoms with E-state index in [1.54, 1.807) is 45.3 Å². The van der Waals surface area contributed by atoms with Crippen LogP contribution in [0.4, 0.5) is 4.79 Å². The van der Waals surface area contributed by atoms with Gasteiger partial charge in [0, 0.05) is 14.1 Å². The van der Waals surface area contributed by atoms with Crippen molar-refractivity contribution in [3.8, 4) is 0 Å². The van der Waals surface area contributed by atoms with Gasteiger partial charge in [0.2, 0.25) is 5.78 Å². The summed E-state index contributed by atoms with van der Waals surface area (Å²) in [5.41, 5.74) is 1.08. The van der Waals surface area contributed by atoms with Gasteiger partial charge in [-0.15, -0.1) is 0 Å². The van der Waals surface area contributed by atoms with Crippen molar-refractivity contribution in [3.63, 3.8) is 0 Å². The zero-order valence-corrected chi connectivity index (χ0v) is 18.4. The fourth-order valence-electron chi connectivity index (χ4n) is 4.00. The number of aromatic nitrogens is 1. The van der Waals surface area contributed by atoms with Crippen LogP contribution in [0.3, 0.4) is 0 Å². The molecule has 0 unspecified atom stereocenters. The van der Waals surface area contributed by atoms with Gasteiger partial charge < -0.3 is 19.4 Å². The van der Waals surface area contributed by atoms with Gasteiger partial charge in [-0.25, -0.2) is 9.78 Å². The molecule has 1 aromatic carbocycles. The second kappa shape index (κ2) is 10.4. The van der Waals surface area contributed by atoms with Crippen molar-refractivity contribution >= 4 is 28.9 Å². The molecule has 0 bridgehead atoms. The Labute approximate surface area is 182 Å². The topological polar surface area (TPSA) is 102 Å². The van der Waals surface area contributed by atoms with Gasteiger partial charge in [-0.1, -0.05) is 51.2 Å². The number of alkyl carbamates (subject to hydrolysis) is 1. The summed E-state index contributed by atoms with van der Waals surface area (Å²) in [4.78, 5) is 43.6. The van der Waals surface area contributed by atoms with Crippen LogP contribution in [0, 0.1) is 5.92 Å². The monoisotopic (exact) mass is 429 g/mol. The molecular formula is C23H31N3O5. The highest BCUT2D eigenvalue weighted by Gasteiger charge is 2.31. The number of likely N-dealkylation sites (N-methyl/N-ethyl adjacent to an activating group) is 1. The summed E-state index contributed by atoms with van der Waals surface area (Å²) >= 11 is 0. The van der Waals surface area contributed by atoms with Gasteiger partial charge in [0.15, 0.2) is 11.7 Å². The Morgan fingerprint density at radius 3 is 2.55 bits per heavy atom. The molecule has 2 amide bonds. The van der Waals surface area contributed by atoms with Crippen LogP contribution in [0.15, 0.2) is 28.7 Å². The maximum Gasteiger partial charge on any atom is 0.408 e. The summed E-state index contributed by atoms with van der Waals surface area (Å²) in [6.45, 7) is 1.77. The molecule has 1 saturated carbocycles. The zero-order chi connectivity index (χ0) is 22.4. The minimum Gasteiger partial charge on any atom is -0.436 e. The first-order chi connectivity index (χ1) is 14.9. The summed E-state index contributed by atoms with van der Waals surface area (Å²) in [6.07, 6.45) is 4.74. The van der Waals surface area contributed by atoms with E-state index in [1.807, 2.05) is 0 Å². The van der Waals surface area contributed by atoms with Crippen molar-refractivity contribution in [3.05, 3.63) is 30.2 Å². The third-order valence-corrected chi connectivity index (χ3v) is 5.76. The van der Waals surface area contributed by atoms with Crippen molar-refractivity contribution < 1.29 is 23.5 Å². The number of fused-ring (bicyclic) bond motifs is 1. The number of oxazole rings is 1. The Bertz CT molecular complexity index is 884. The molecule has 1 aromatic heterocycles. The Morgan fingerprint density at radius 2 is 1.90 bits per heavy atom. The van der Waals surface area contributed by atoms with Crippen LogP contribution in [-0.4, -0.2) is 53.9 Å². The molecule has 0 saturated heterocycles. The van der Waals surface area contributed by atoms with Crippen molar-refractivity contribution in [2.75, 3.05) is 14.1 Å². The number of Topliss-reactive ketones (excluding diaryl/α,β-unsaturated/α-hetero) is 1. The van der Waals surface area contributed by atoms with E-state index in [-0.39, 0.29) is 11.8 Å². The van der Waals surface area contributed by atoms with Crippen LogP contribution in [0.1, 0.15) is 62.6 Å². The first kappa shape index (κ1) is 22.8. The molecule has 1 fully saturated rings. The molecule has 0 radical (unpaired) electrons. The van der Waals surface area contributed by atoms with Gasteiger partial charge in [0.05, 0.1) is 0 Å². The third-order valence-electron chi connectivity index (χ3n) is 5.76. The van der Waals surface area contributed by atoms with E-state index in [2.05, 4.69) is 10.3 Å². The number of para-hydroxylation sites is 2. The molecule has 1 aliphatic carbocycles. The van der Waals surface area contributed by atoms with Gasteiger partial charge in [0.25, 0.3) is 11.8 Å². The smallest absolute Gasteiger partial charge is 0.408 e. The van der Waals surface area contributed by atoms with Crippen LogP contribution in [0.5, 0.6) is 0 Å². The minimum absolute atomic E-state index is 0.0588. The highest BCUT2D eigenvalue weighted by atomic mass is 16.6. The SMILES string of the molecule is CC[C@H](NC(=O)O[C@@H](CC1CCCCC1)C(=O)N(C)C)C(=O)c1nc2ccccc2o1. The molecule has 0 aliphatic heterocycles. The van der Waals surface area contributed by atoms with Crippen LogP contribution >= 0.6 is 0 Å². The van der Waals surface area contributed by atoms with E-state index in [4.69, 9.17) is 9.15 Å². The standard InChI is InChI=1S/C23H31N3O5/c1-4-16(20(27)21-24-17-12-8-9-13-18(17)30-21)25-23(29)31-19(22(28)26(2)3)14-15-10-6-5-7-11-15/h8-9,12-13,15-16,19H,4-7,10-11,14H2,1-3H3,(H,25,29)/t16-,19-/m0/s1. The number of nitrogens with one attached hydrogen (secondary N) is 1. The summed E-state index contributed by atoms with van der Waals surface area (Å²) in [5, 5.41) is 2.59. The second-order valence-corrected chi connectivity index (χ2v) is 8.32. The lowest BCUT2D eigenvalue weighted by Crippen LogP contribution is -2.45. The lowest BCUT2D eigenvalue weighted by Gasteiger charge is -2.27. The predicted molar refractivity (Wildman–Crippen MR) is 116 cm³/mol. The number of carbonyl (C=O) groups is 3. The fraction of sp³-hybridized carbons (Fsp3) is 0.565. The number of ketones is 1. The van der Waals surface area contributed by atoms with Crippen molar-refractivity contribution in [1.82, 2.24) is 15.2 Å². The zero-order valence-electron chi connectivity index (χ0n) is 18.4. The molecule has 1 N–H and O–H groups in total. The van der Waals surface area contributed by atoms with E-state index < -0.39 is 24.0 Å². The lowest BCUT2D eigenvalue weighted by atomic mass is 9.85. The number of hydrogen-bond donors (Lipinski definition) is 1. The summed E-state index contributed by atoms with van der Waals surface area (Å²) in [7, 11) is 3.28. The number of ether oxygens (including phenoxy) is 1. The molecule has 2 aromatic rings. The third kappa shape index (κ3) is 5.83. The first-order valence-electron chi connectivity index (χ1n) is 11.0. The van der Waals surface area contributed by atoms with E-state index in [9.17, 15) is 14.4 Å². The number of nitrogens with zero attached hydrogens (tertiary/aromatic N) is 2. The fourth-order valence-corrected chi connectivity index (χ4v) is 4.00. The molecule has 8 nitrogen and oxygen atoms in total. The molecule has 31 heavy (non-hydrogen) atoms. The van der Waals surface area contributed by atoms with Crippen LogP contribution in [0.2, 0.25) is 0 Å². The highest BCUT2D eigenvalue weighted by molar-refractivity contribution is 5.99. The van der Waals surface area contributed by atoms with Gasteiger partial charge in [-0.2, -0.15) is 0 Å². The molecule has 1 aliphatic rings. The molecule has 8 heteroatoms. The Kier molecular flexibility index (Phi) is 7.65. The average molecular weight is 430 g/mol. The van der Waals surface area contributed by atoms with Gasteiger partial charge in [-0.05, 0) is 30.9 Å². The quantitative estimate of drug-likeness (QED) is 0.638. The average Bonchev–Trinajstić information content (AvgIpc) is 3.21.